The molecule has 2 N–H and O–H groups in total. The van der Waals surface area contributed by atoms with Crippen LogP contribution in [0, 0.1) is 16.7 Å². The number of rotatable bonds is 5. The summed E-state index contributed by atoms with van der Waals surface area (Å²) in [6, 6.07) is -0.834. The Kier molecular flexibility index (Phi) is 5.22. The molecule has 20 heavy (non-hydrogen) atoms. The van der Waals surface area contributed by atoms with Crippen molar-refractivity contribution in [3.8, 4) is 0 Å². The zero-order valence-corrected chi connectivity index (χ0v) is 13.5. The number of carboxylic acids is 1. The van der Waals surface area contributed by atoms with Crippen molar-refractivity contribution < 1.29 is 14.7 Å². The molecular formula is C16H29NO3. The van der Waals surface area contributed by atoms with Crippen molar-refractivity contribution in [2.24, 2.45) is 16.7 Å². The van der Waals surface area contributed by atoms with E-state index in [9.17, 15) is 14.7 Å². The number of hydrogen-bond acceptors (Lipinski definition) is 2. The van der Waals surface area contributed by atoms with Gasteiger partial charge in [0.2, 0.25) is 5.91 Å². The van der Waals surface area contributed by atoms with Gasteiger partial charge < -0.3 is 10.4 Å². The summed E-state index contributed by atoms with van der Waals surface area (Å²) in [5.41, 5.74) is -0.841. The SMILES string of the molecule is CC(C)CC1(C(=O)N[C@H](C(=O)O)C(C)(C)C)CCCC1. The maximum absolute atomic E-state index is 12.7. The van der Waals surface area contributed by atoms with Gasteiger partial charge in [-0.15, -0.1) is 0 Å². The Hall–Kier alpha value is -1.06. The monoisotopic (exact) mass is 283 g/mol. The number of carbonyl (C=O) groups is 2. The summed E-state index contributed by atoms with van der Waals surface area (Å²) < 4.78 is 0. The largest absolute Gasteiger partial charge is 0.480 e. The second-order valence-electron chi connectivity index (χ2n) is 7.70. The molecule has 0 bridgehead atoms. The number of amides is 1. The van der Waals surface area contributed by atoms with Crippen LogP contribution in [0.15, 0.2) is 0 Å². The Morgan fingerprint density at radius 3 is 2.05 bits per heavy atom. The third-order valence-corrected chi connectivity index (χ3v) is 4.23. The van der Waals surface area contributed by atoms with E-state index < -0.39 is 17.4 Å². The molecule has 0 aromatic heterocycles. The molecule has 1 amide bonds. The first-order chi connectivity index (χ1) is 9.08. The van der Waals surface area contributed by atoms with E-state index in [4.69, 9.17) is 0 Å². The van der Waals surface area contributed by atoms with Crippen LogP contribution in [0.4, 0.5) is 0 Å². The third kappa shape index (κ3) is 3.97. The number of carboxylic acid groups (broad SMARTS) is 1. The van der Waals surface area contributed by atoms with Gasteiger partial charge in [0.15, 0.2) is 0 Å². The van der Waals surface area contributed by atoms with E-state index in [2.05, 4.69) is 19.2 Å². The van der Waals surface area contributed by atoms with Gasteiger partial charge in [-0.05, 0) is 30.6 Å². The first kappa shape index (κ1) is 17.0. The fourth-order valence-corrected chi connectivity index (χ4v) is 3.29. The highest BCUT2D eigenvalue weighted by atomic mass is 16.4. The van der Waals surface area contributed by atoms with Crippen LogP contribution in [0.3, 0.4) is 0 Å². The predicted molar refractivity (Wildman–Crippen MR) is 79.4 cm³/mol. The van der Waals surface area contributed by atoms with Gasteiger partial charge in [0.05, 0.1) is 0 Å². The van der Waals surface area contributed by atoms with E-state index >= 15 is 0 Å². The van der Waals surface area contributed by atoms with E-state index in [1.54, 1.807) is 0 Å². The minimum Gasteiger partial charge on any atom is -0.480 e. The lowest BCUT2D eigenvalue weighted by Crippen LogP contribution is -2.53. The van der Waals surface area contributed by atoms with Gasteiger partial charge in [0.1, 0.15) is 6.04 Å². The molecule has 0 heterocycles. The Morgan fingerprint density at radius 1 is 1.20 bits per heavy atom. The molecule has 4 nitrogen and oxygen atoms in total. The van der Waals surface area contributed by atoms with Gasteiger partial charge >= 0.3 is 5.97 Å². The van der Waals surface area contributed by atoms with E-state index in [1.807, 2.05) is 20.8 Å². The molecule has 1 saturated carbocycles. The zero-order valence-electron chi connectivity index (χ0n) is 13.5. The van der Waals surface area contributed by atoms with Crippen LogP contribution >= 0.6 is 0 Å². The number of hydrogen-bond donors (Lipinski definition) is 2. The average Bonchev–Trinajstić information content (AvgIpc) is 2.72. The molecule has 0 saturated heterocycles. The van der Waals surface area contributed by atoms with Crippen LogP contribution in [-0.2, 0) is 9.59 Å². The maximum atomic E-state index is 12.7. The van der Waals surface area contributed by atoms with E-state index in [0.29, 0.717) is 5.92 Å². The summed E-state index contributed by atoms with van der Waals surface area (Å²) in [5, 5.41) is 12.2. The molecule has 1 aliphatic carbocycles. The number of carbonyl (C=O) groups excluding carboxylic acids is 1. The molecule has 1 rings (SSSR count). The number of nitrogens with one attached hydrogen (secondary N) is 1. The van der Waals surface area contributed by atoms with Crippen molar-refractivity contribution in [3.63, 3.8) is 0 Å². The molecule has 0 unspecified atom stereocenters. The first-order valence-corrected chi connectivity index (χ1v) is 7.62. The Labute approximate surface area is 122 Å². The molecule has 1 atom stereocenters. The lowest BCUT2D eigenvalue weighted by Gasteiger charge is -2.34. The lowest BCUT2D eigenvalue weighted by atomic mass is 9.76. The molecular weight excluding hydrogens is 254 g/mol. The van der Waals surface area contributed by atoms with Crippen LogP contribution in [0.1, 0.15) is 66.7 Å². The van der Waals surface area contributed by atoms with Crippen LogP contribution in [0.5, 0.6) is 0 Å². The van der Waals surface area contributed by atoms with Crippen LogP contribution in [0.2, 0.25) is 0 Å². The average molecular weight is 283 g/mol. The van der Waals surface area contributed by atoms with E-state index in [1.165, 1.54) is 0 Å². The van der Waals surface area contributed by atoms with E-state index in [-0.39, 0.29) is 11.3 Å². The van der Waals surface area contributed by atoms with Crippen molar-refractivity contribution in [3.05, 3.63) is 0 Å². The molecule has 4 heteroatoms. The fourth-order valence-electron chi connectivity index (χ4n) is 3.29. The maximum Gasteiger partial charge on any atom is 0.326 e. The summed E-state index contributed by atoms with van der Waals surface area (Å²) in [7, 11) is 0. The van der Waals surface area contributed by atoms with Gasteiger partial charge in [-0.3, -0.25) is 4.79 Å². The van der Waals surface area contributed by atoms with Gasteiger partial charge in [-0.25, -0.2) is 4.79 Å². The molecule has 0 spiro atoms. The third-order valence-electron chi connectivity index (χ3n) is 4.23. The van der Waals surface area contributed by atoms with Gasteiger partial charge in [0, 0.05) is 5.41 Å². The fraction of sp³-hybridized carbons (Fsp3) is 0.875. The molecule has 0 aromatic rings. The van der Waals surface area contributed by atoms with Crippen molar-refractivity contribution in [1.29, 1.82) is 0 Å². The lowest BCUT2D eigenvalue weighted by molar-refractivity contribution is -0.147. The summed E-state index contributed by atoms with van der Waals surface area (Å²) in [6.45, 7) is 9.76. The zero-order chi connectivity index (χ0) is 15.6. The Bertz CT molecular complexity index is 362. The van der Waals surface area contributed by atoms with Gasteiger partial charge in [0.25, 0.3) is 0 Å². The highest BCUT2D eigenvalue weighted by Gasteiger charge is 2.44. The highest BCUT2D eigenvalue weighted by Crippen LogP contribution is 2.43. The van der Waals surface area contributed by atoms with Crippen LogP contribution in [-0.4, -0.2) is 23.0 Å². The number of aliphatic carboxylic acids is 1. The Morgan fingerprint density at radius 2 is 1.70 bits per heavy atom. The summed E-state index contributed by atoms with van der Waals surface area (Å²) in [5.74, 6) is -0.577. The van der Waals surface area contributed by atoms with Crippen LogP contribution in [0.25, 0.3) is 0 Å². The van der Waals surface area contributed by atoms with Crippen molar-refractivity contribution in [2.45, 2.75) is 72.8 Å². The topological polar surface area (TPSA) is 66.4 Å². The van der Waals surface area contributed by atoms with Crippen molar-refractivity contribution in [1.82, 2.24) is 5.32 Å². The Balaban J connectivity index is 2.88. The second-order valence-corrected chi connectivity index (χ2v) is 7.70. The molecule has 1 fully saturated rings. The van der Waals surface area contributed by atoms with Gasteiger partial charge in [-0.1, -0.05) is 47.5 Å². The summed E-state index contributed by atoms with van der Waals surface area (Å²) >= 11 is 0. The quantitative estimate of drug-likeness (QED) is 0.814. The second kappa shape index (κ2) is 6.15. The van der Waals surface area contributed by atoms with E-state index in [0.717, 1.165) is 32.1 Å². The normalized spacial score (nSPS) is 19.9. The molecule has 0 aromatic carbocycles. The first-order valence-electron chi connectivity index (χ1n) is 7.62. The molecule has 0 aliphatic heterocycles. The summed E-state index contributed by atoms with van der Waals surface area (Å²) in [6.07, 6.45) is 4.73. The van der Waals surface area contributed by atoms with Crippen molar-refractivity contribution in [2.75, 3.05) is 0 Å². The highest BCUT2D eigenvalue weighted by molar-refractivity contribution is 5.88. The minimum absolute atomic E-state index is 0.0639. The predicted octanol–water partition coefficient (Wildman–Crippen LogP) is 3.21. The van der Waals surface area contributed by atoms with Crippen molar-refractivity contribution >= 4 is 11.9 Å². The smallest absolute Gasteiger partial charge is 0.326 e. The summed E-state index contributed by atoms with van der Waals surface area (Å²) in [4.78, 5) is 24.1. The standard InChI is InChI=1S/C16H29NO3/c1-11(2)10-16(8-6-7-9-16)14(20)17-12(13(18)19)15(3,4)5/h11-12H,6-10H2,1-5H3,(H,17,20)(H,18,19)/t12-/m1/s1. The molecule has 1 aliphatic rings. The van der Waals surface area contributed by atoms with Crippen LogP contribution < -0.4 is 5.32 Å². The molecule has 116 valence electrons. The minimum atomic E-state index is -0.955. The van der Waals surface area contributed by atoms with Gasteiger partial charge in [-0.2, -0.15) is 0 Å². The molecule has 0 radical (unpaired) electrons.